The predicted octanol–water partition coefficient (Wildman–Crippen LogP) is 2.95. The normalized spacial score (nSPS) is 38.6. The molecule has 1 spiro atoms. The van der Waals surface area contributed by atoms with E-state index in [0.717, 1.165) is 0 Å². The number of hydrogen-bond donors (Lipinski definition) is 4. The van der Waals surface area contributed by atoms with Gasteiger partial charge < -0.3 is 25.4 Å². The number of carbonyl (C=O) groups excluding carboxylic acids is 3. The molecule has 8 nitrogen and oxygen atoms in total. The van der Waals surface area contributed by atoms with Gasteiger partial charge in [-0.2, -0.15) is 0 Å². The number of amides is 1. The standard InChI is InChI=1S/C30H37NO7/c1-14-8-7-9-21(31-17(4)33)22(14)27(36)38-26-15(2)12-29-16(3)10-20-23(28(20,5)6)19(25(29)35)11-18(13-32)24(34)30(26,29)37/h7-9,11-12,16,19-20,23-24,26,32,34,37H,10,13H2,1-6H3,(H,31,33)/t16-,19+,20-,23+,24-,26+,29+,30+/m1/s1. The zero-order valence-corrected chi connectivity index (χ0v) is 22.7. The summed E-state index contributed by atoms with van der Waals surface area (Å²) in [7, 11) is 0. The van der Waals surface area contributed by atoms with E-state index in [2.05, 4.69) is 19.2 Å². The predicted molar refractivity (Wildman–Crippen MR) is 140 cm³/mol. The van der Waals surface area contributed by atoms with Crippen molar-refractivity contribution in [3.8, 4) is 0 Å². The van der Waals surface area contributed by atoms with E-state index in [-0.39, 0.29) is 51.7 Å². The quantitative estimate of drug-likeness (QED) is 0.352. The molecule has 8 atom stereocenters. The summed E-state index contributed by atoms with van der Waals surface area (Å²) in [6.45, 7) is 10.4. The van der Waals surface area contributed by atoms with E-state index in [4.69, 9.17) is 4.74 Å². The number of ketones is 1. The second-order valence-corrected chi connectivity index (χ2v) is 12.3. The van der Waals surface area contributed by atoms with Crippen LogP contribution in [0.5, 0.6) is 0 Å². The molecule has 2 fully saturated rings. The molecule has 2 bridgehead atoms. The molecule has 1 aromatic carbocycles. The van der Waals surface area contributed by atoms with Crippen molar-refractivity contribution in [2.45, 2.75) is 65.8 Å². The number of esters is 1. The number of anilines is 1. The molecule has 0 aliphatic heterocycles. The Kier molecular flexibility index (Phi) is 6.06. The van der Waals surface area contributed by atoms with Crippen molar-refractivity contribution >= 4 is 23.3 Å². The summed E-state index contributed by atoms with van der Waals surface area (Å²) < 4.78 is 5.98. The Bertz CT molecular complexity index is 1300. The highest BCUT2D eigenvalue weighted by molar-refractivity contribution is 6.02. The first kappa shape index (κ1) is 26.8. The van der Waals surface area contributed by atoms with Crippen LogP contribution < -0.4 is 5.32 Å². The number of rotatable bonds is 4. The molecule has 8 heteroatoms. The number of aryl methyl sites for hydroxylation is 1. The maximum atomic E-state index is 14.4. The summed E-state index contributed by atoms with van der Waals surface area (Å²) in [5.74, 6) is -2.00. The van der Waals surface area contributed by atoms with Gasteiger partial charge in [-0.15, -0.1) is 0 Å². The van der Waals surface area contributed by atoms with Crippen molar-refractivity contribution in [3.05, 3.63) is 52.6 Å². The number of allylic oxidation sites excluding steroid dienone is 1. The highest BCUT2D eigenvalue weighted by atomic mass is 16.6. The summed E-state index contributed by atoms with van der Waals surface area (Å²) in [5.41, 5.74) is -2.23. The van der Waals surface area contributed by atoms with E-state index >= 15 is 0 Å². The highest BCUT2D eigenvalue weighted by Gasteiger charge is 2.76. The van der Waals surface area contributed by atoms with Crippen LogP contribution in [0.15, 0.2) is 41.5 Å². The van der Waals surface area contributed by atoms with Crippen LogP contribution in [0.3, 0.4) is 0 Å². The number of Topliss-reactive ketones (excluding diaryl/α,β-unsaturated/α-hetero) is 1. The fraction of sp³-hybridized carbons (Fsp3) is 0.567. The third-order valence-electron chi connectivity index (χ3n) is 9.91. The van der Waals surface area contributed by atoms with Crippen LogP contribution in [0, 0.1) is 41.4 Å². The molecule has 38 heavy (non-hydrogen) atoms. The first-order valence-electron chi connectivity index (χ1n) is 13.3. The maximum Gasteiger partial charge on any atom is 0.341 e. The number of aliphatic hydroxyl groups is 3. The maximum absolute atomic E-state index is 14.4. The minimum atomic E-state index is -2.22. The van der Waals surface area contributed by atoms with Gasteiger partial charge in [-0.25, -0.2) is 4.79 Å². The Hall–Kier alpha value is -2.81. The van der Waals surface area contributed by atoms with E-state index in [0.29, 0.717) is 17.6 Å². The summed E-state index contributed by atoms with van der Waals surface area (Å²) in [4.78, 5) is 39.8. The van der Waals surface area contributed by atoms with Gasteiger partial charge in [0.2, 0.25) is 5.91 Å². The molecule has 1 amide bonds. The minimum absolute atomic E-state index is 0.0374. The average Bonchev–Trinajstić information content (AvgIpc) is 3.32. The molecule has 5 rings (SSSR count). The van der Waals surface area contributed by atoms with Crippen LogP contribution >= 0.6 is 0 Å². The van der Waals surface area contributed by atoms with Crippen LogP contribution in [0.4, 0.5) is 5.69 Å². The molecule has 4 aliphatic rings. The number of hydrogen-bond acceptors (Lipinski definition) is 7. The number of benzene rings is 1. The Balaban J connectivity index is 1.62. The van der Waals surface area contributed by atoms with Crippen LogP contribution in [0.25, 0.3) is 0 Å². The fourth-order valence-electron chi connectivity index (χ4n) is 7.99. The van der Waals surface area contributed by atoms with Gasteiger partial charge in [-0.1, -0.05) is 45.1 Å². The smallest absolute Gasteiger partial charge is 0.341 e. The molecule has 0 unspecified atom stereocenters. The zero-order valence-electron chi connectivity index (χ0n) is 22.7. The Morgan fingerprint density at radius 2 is 1.89 bits per heavy atom. The van der Waals surface area contributed by atoms with Gasteiger partial charge >= 0.3 is 5.97 Å². The molecule has 1 aromatic rings. The van der Waals surface area contributed by atoms with E-state index in [9.17, 15) is 29.7 Å². The molecule has 4 N–H and O–H groups in total. The molecular weight excluding hydrogens is 486 g/mol. The lowest BCUT2D eigenvalue weighted by molar-refractivity contribution is -0.190. The van der Waals surface area contributed by atoms with Crippen molar-refractivity contribution < 1.29 is 34.4 Å². The van der Waals surface area contributed by atoms with Crippen LogP contribution in [0.2, 0.25) is 0 Å². The van der Waals surface area contributed by atoms with Crippen molar-refractivity contribution in [1.29, 1.82) is 0 Å². The van der Waals surface area contributed by atoms with Gasteiger partial charge in [0.1, 0.15) is 6.10 Å². The first-order valence-corrected chi connectivity index (χ1v) is 13.3. The third-order valence-corrected chi connectivity index (χ3v) is 9.91. The monoisotopic (exact) mass is 523 g/mol. The van der Waals surface area contributed by atoms with Gasteiger partial charge in [-0.3, -0.25) is 9.59 Å². The number of ether oxygens (including phenoxy) is 1. The minimum Gasteiger partial charge on any atom is -0.451 e. The van der Waals surface area contributed by atoms with Crippen LogP contribution in [-0.4, -0.2) is 57.4 Å². The van der Waals surface area contributed by atoms with E-state index in [1.54, 1.807) is 44.2 Å². The molecule has 0 heterocycles. The lowest BCUT2D eigenvalue weighted by atomic mass is 9.59. The molecule has 0 radical (unpaired) electrons. The van der Waals surface area contributed by atoms with Crippen molar-refractivity contribution in [1.82, 2.24) is 0 Å². The Morgan fingerprint density at radius 3 is 2.53 bits per heavy atom. The molecule has 0 saturated heterocycles. The SMILES string of the molecule is CC(=O)Nc1cccc(C)c1C(=O)O[C@H]1C(C)=C[C@]23C(=O)[C@@H](C=C(CO)[C@@H](O)[C@]12O)[C@H]1[C@@H](C[C@H]3C)C1(C)C. The lowest BCUT2D eigenvalue weighted by Crippen LogP contribution is -2.65. The zero-order chi connectivity index (χ0) is 27.9. The molecule has 2 saturated carbocycles. The lowest BCUT2D eigenvalue weighted by Gasteiger charge is -2.48. The third kappa shape index (κ3) is 3.36. The van der Waals surface area contributed by atoms with Crippen molar-refractivity contribution in [2.75, 3.05) is 11.9 Å². The molecule has 4 aliphatic carbocycles. The fourth-order valence-corrected chi connectivity index (χ4v) is 7.99. The second kappa shape index (κ2) is 8.60. The Labute approximate surface area is 222 Å². The van der Waals surface area contributed by atoms with Gasteiger partial charge in [0.05, 0.1) is 23.3 Å². The largest absolute Gasteiger partial charge is 0.451 e. The van der Waals surface area contributed by atoms with Crippen molar-refractivity contribution in [2.24, 2.45) is 34.5 Å². The van der Waals surface area contributed by atoms with Gasteiger partial charge in [0, 0.05) is 12.8 Å². The number of carbonyl (C=O) groups is 3. The summed E-state index contributed by atoms with van der Waals surface area (Å²) in [5, 5.41) is 37.1. The Morgan fingerprint density at radius 1 is 1.21 bits per heavy atom. The molecule has 0 aromatic heterocycles. The molecule has 204 valence electrons. The van der Waals surface area contributed by atoms with Gasteiger partial charge in [0.15, 0.2) is 17.5 Å². The van der Waals surface area contributed by atoms with Crippen LogP contribution in [0.1, 0.15) is 57.0 Å². The topological polar surface area (TPSA) is 133 Å². The second-order valence-electron chi connectivity index (χ2n) is 12.3. The first-order chi connectivity index (χ1) is 17.7. The van der Waals surface area contributed by atoms with Crippen molar-refractivity contribution in [3.63, 3.8) is 0 Å². The van der Waals surface area contributed by atoms with Gasteiger partial charge in [0.25, 0.3) is 0 Å². The summed E-state index contributed by atoms with van der Waals surface area (Å²) in [6, 6.07) is 4.99. The van der Waals surface area contributed by atoms with E-state index in [1.807, 2.05) is 6.92 Å². The van der Waals surface area contributed by atoms with E-state index < -0.39 is 41.7 Å². The molecular formula is C30H37NO7. The summed E-state index contributed by atoms with van der Waals surface area (Å²) >= 11 is 0. The van der Waals surface area contributed by atoms with E-state index in [1.165, 1.54) is 6.92 Å². The summed E-state index contributed by atoms with van der Waals surface area (Å²) in [6.07, 6.45) is 1.03. The number of fused-ring (bicyclic) bond motifs is 3. The average molecular weight is 524 g/mol. The van der Waals surface area contributed by atoms with Crippen LogP contribution in [-0.2, 0) is 14.3 Å². The number of aliphatic hydroxyl groups excluding tert-OH is 2. The van der Waals surface area contributed by atoms with Gasteiger partial charge in [-0.05, 0) is 66.2 Å². The highest BCUT2D eigenvalue weighted by Crippen LogP contribution is 2.71. The number of nitrogens with one attached hydrogen (secondary N) is 1.